The molecule has 2 aromatic rings. The average molecular weight is 414 g/mol. The number of hydrogen-bond acceptors (Lipinski definition) is 4. The molecule has 1 fully saturated rings. The lowest BCUT2D eigenvalue weighted by atomic mass is 9.85. The lowest BCUT2D eigenvalue weighted by Crippen LogP contribution is -2.34. The SMILES string of the molecule is CC(C)CN(Cc1cc(NC(=O)C2CCC2)ccc1N(C)C)C(=O)c1cccs1. The van der Waals surface area contributed by atoms with Crippen LogP contribution in [-0.4, -0.2) is 37.4 Å². The van der Waals surface area contributed by atoms with Crippen LogP contribution in [0.3, 0.4) is 0 Å². The van der Waals surface area contributed by atoms with Crippen molar-refractivity contribution in [3.63, 3.8) is 0 Å². The van der Waals surface area contributed by atoms with Crippen molar-refractivity contribution in [3.8, 4) is 0 Å². The van der Waals surface area contributed by atoms with Crippen LogP contribution in [0.25, 0.3) is 0 Å². The number of rotatable bonds is 8. The Hall–Kier alpha value is -2.34. The standard InChI is InChI=1S/C23H31N3O2S/c1-16(2)14-26(23(28)21-9-6-12-29-21)15-18-13-19(10-11-20(18)25(3)4)24-22(27)17-7-5-8-17/h6,9-13,16-17H,5,7-8,14-15H2,1-4H3,(H,24,27). The summed E-state index contributed by atoms with van der Waals surface area (Å²) in [5, 5.41) is 5.00. The van der Waals surface area contributed by atoms with Crippen LogP contribution in [0.5, 0.6) is 0 Å². The minimum atomic E-state index is 0.0577. The van der Waals surface area contributed by atoms with E-state index in [1.165, 1.54) is 11.3 Å². The van der Waals surface area contributed by atoms with E-state index in [1.807, 2.05) is 54.7 Å². The van der Waals surface area contributed by atoms with Crippen molar-refractivity contribution in [1.82, 2.24) is 4.90 Å². The Kier molecular flexibility index (Phi) is 6.96. The van der Waals surface area contributed by atoms with Gasteiger partial charge in [-0.25, -0.2) is 0 Å². The normalized spacial score (nSPS) is 13.8. The van der Waals surface area contributed by atoms with Crippen LogP contribution < -0.4 is 10.2 Å². The Morgan fingerprint density at radius 2 is 1.97 bits per heavy atom. The van der Waals surface area contributed by atoms with E-state index < -0.39 is 0 Å². The number of hydrogen-bond donors (Lipinski definition) is 1. The average Bonchev–Trinajstić information content (AvgIpc) is 3.13. The molecule has 1 aliphatic carbocycles. The zero-order valence-corrected chi connectivity index (χ0v) is 18.6. The minimum absolute atomic E-state index is 0.0577. The minimum Gasteiger partial charge on any atom is -0.377 e. The van der Waals surface area contributed by atoms with Crippen LogP contribution >= 0.6 is 11.3 Å². The van der Waals surface area contributed by atoms with Crippen LogP contribution in [0.4, 0.5) is 11.4 Å². The fraction of sp³-hybridized carbons (Fsp3) is 0.478. The molecule has 0 bridgehead atoms. The molecule has 1 heterocycles. The fourth-order valence-electron chi connectivity index (χ4n) is 3.56. The maximum atomic E-state index is 13.1. The molecule has 1 aromatic heterocycles. The molecule has 0 unspecified atom stereocenters. The third kappa shape index (κ3) is 5.38. The number of anilines is 2. The Balaban J connectivity index is 1.85. The van der Waals surface area contributed by atoms with Crippen molar-refractivity contribution in [3.05, 3.63) is 46.2 Å². The van der Waals surface area contributed by atoms with Gasteiger partial charge in [0.25, 0.3) is 5.91 Å². The molecule has 156 valence electrons. The summed E-state index contributed by atoms with van der Waals surface area (Å²) >= 11 is 1.47. The van der Waals surface area contributed by atoms with Gasteiger partial charge < -0.3 is 15.1 Å². The van der Waals surface area contributed by atoms with Crippen LogP contribution in [0.2, 0.25) is 0 Å². The summed E-state index contributed by atoms with van der Waals surface area (Å²) in [6, 6.07) is 9.77. The monoisotopic (exact) mass is 413 g/mol. The van der Waals surface area contributed by atoms with Crippen molar-refractivity contribution < 1.29 is 9.59 Å². The van der Waals surface area contributed by atoms with Crippen molar-refractivity contribution in [1.29, 1.82) is 0 Å². The Labute approximate surface area is 177 Å². The molecule has 6 heteroatoms. The van der Waals surface area contributed by atoms with Crippen LogP contribution in [0, 0.1) is 11.8 Å². The number of carbonyl (C=O) groups excluding carboxylic acids is 2. The first kappa shape index (κ1) is 21.4. The second-order valence-electron chi connectivity index (χ2n) is 8.41. The van der Waals surface area contributed by atoms with Crippen LogP contribution in [0.1, 0.15) is 48.3 Å². The quantitative estimate of drug-likeness (QED) is 0.673. The molecule has 0 aliphatic heterocycles. The maximum absolute atomic E-state index is 13.1. The molecule has 29 heavy (non-hydrogen) atoms. The predicted molar refractivity (Wildman–Crippen MR) is 121 cm³/mol. The van der Waals surface area contributed by atoms with E-state index in [0.717, 1.165) is 41.1 Å². The van der Waals surface area contributed by atoms with Gasteiger partial charge in [-0.05, 0) is 54.0 Å². The molecule has 1 N–H and O–H groups in total. The van der Waals surface area contributed by atoms with Gasteiger partial charge in [0.2, 0.25) is 5.91 Å². The topological polar surface area (TPSA) is 52.7 Å². The van der Waals surface area contributed by atoms with E-state index in [4.69, 9.17) is 0 Å². The Morgan fingerprint density at radius 1 is 1.21 bits per heavy atom. The van der Waals surface area contributed by atoms with Gasteiger partial charge in [0, 0.05) is 44.5 Å². The van der Waals surface area contributed by atoms with E-state index in [2.05, 4.69) is 24.1 Å². The van der Waals surface area contributed by atoms with Gasteiger partial charge in [-0.2, -0.15) is 0 Å². The van der Waals surface area contributed by atoms with Gasteiger partial charge in [0.15, 0.2) is 0 Å². The zero-order chi connectivity index (χ0) is 21.0. The van der Waals surface area contributed by atoms with E-state index in [1.54, 1.807) is 0 Å². The first-order chi connectivity index (χ1) is 13.8. The van der Waals surface area contributed by atoms with Crippen molar-refractivity contribution in [2.24, 2.45) is 11.8 Å². The molecular formula is C23H31N3O2S. The van der Waals surface area contributed by atoms with Gasteiger partial charge in [-0.3, -0.25) is 9.59 Å². The van der Waals surface area contributed by atoms with E-state index in [0.29, 0.717) is 19.0 Å². The Morgan fingerprint density at radius 3 is 2.52 bits per heavy atom. The van der Waals surface area contributed by atoms with Gasteiger partial charge in [0.1, 0.15) is 0 Å². The summed E-state index contributed by atoms with van der Waals surface area (Å²) in [6.07, 6.45) is 3.09. The van der Waals surface area contributed by atoms with Gasteiger partial charge in [0.05, 0.1) is 4.88 Å². The highest BCUT2D eigenvalue weighted by atomic mass is 32.1. The molecule has 3 rings (SSSR count). The smallest absolute Gasteiger partial charge is 0.264 e. The highest BCUT2D eigenvalue weighted by Crippen LogP contribution is 2.30. The molecule has 0 saturated heterocycles. The first-order valence-corrected chi connectivity index (χ1v) is 11.2. The highest BCUT2D eigenvalue weighted by Gasteiger charge is 2.25. The second-order valence-corrected chi connectivity index (χ2v) is 9.36. The van der Waals surface area contributed by atoms with E-state index in [9.17, 15) is 9.59 Å². The zero-order valence-electron chi connectivity index (χ0n) is 17.8. The number of nitrogens with zero attached hydrogens (tertiary/aromatic N) is 2. The highest BCUT2D eigenvalue weighted by molar-refractivity contribution is 7.12. The number of nitrogens with one attached hydrogen (secondary N) is 1. The summed E-state index contributed by atoms with van der Waals surface area (Å²) in [4.78, 5) is 30.2. The first-order valence-electron chi connectivity index (χ1n) is 10.3. The van der Waals surface area contributed by atoms with Gasteiger partial charge in [-0.1, -0.05) is 26.3 Å². The third-order valence-electron chi connectivity index (χ3n) is 5.27. The molecule has 1 aliphatic rings. The summed E-state index contributed by atoms with van der Waals surface area (Å²) in [7, 11) is 4.00. The molecular weight excluding hydrogens is 382 g/mol. The Bertz CT molecular complexity index is 842. The summed E-state index contributed by atoms with van der Waals surface area (Å²) in [5.41, 5.74) is 2.89. The molecule has 1 saturated carbocycles. The number of benzene rings is 1. The summed E-state index contributed by atoms with van der Waals surface area (Å²) < 4.78 is 0. The number of carbonyl (C=O) groups is 2. The van der Waals surface area contributed by atoms with Crippen molar-refractivity contribution in [2.75, 3.05) is 30.9 Å². The van der Waals surface area contributed by atoms with Crippen LogP contribution in [-0.2, 0) is 11.3 Å². The molecule has 5 nitrogen and oxygen atoms in total. The fourth-order valence-corrected chi connectivity index (χ4v) is 4.25. The van der Waals surface area contributed by atoms with Gasteiger partial charge >= 0.3 is 0 Å². The lowest BCUT2D eigenvalue weighted by molar-refractivity contribution is -0.122. The van der Waals surface area contributed by atoms with Gasteiger partial charge in [-0.15, -0.1) is 11.3 Å². The largest absolute Gasteiger partial charge is 0.377 e. The number of thiophene rings is 1. The number of amides is 2. The molecule has 0 radical (unpaired) electrons. The molecule has 2 amide bonds. The molecule has 1 aromatic carbocycles. The van der Waals surface area contributed by atoms with E-state index in [-0.39, 0.29) is 17.7 Å². The second kappa shape index (κ2) is 9.44. The van der Waals surface area contributed by atoms with E-state index >= 15 is 0 Å². The lowest BCUT2D eigenvalue weighted by Gasteiger charge is -2.28. The van der Waals surface area contributed by atoms with Crippen molar-refractivity contribution >= 4 is 34.5 Å². The molecule has 0 atom stereocenters. The predicted octanol–water partition coefficient (Wildman–Crippen LogP) is 4.85. The summed E-state index contributed by atoms with van der Waals surface area (Å²) in [5.74, 6) is 0.670. The third-order valence-corrected chi connectivity index (χ3v) is 6.13. The van der Waals surface area contributed by atoms with Crippen molar-refractivity contribution in [2.45, 2.75) is 39.7 Å². The van der Waals surface area contributed by atoms with Crippen LogP contribution in [0.15, 0.2) is 35.7 Å². The summed E-state index contributed by atoms with van der Waals surface area (Å²) in [6.45, 7) is 5.44. The maximum Gasteiger partial charge on any atom is 0.264 e. The molecule has 0 spiro atoms.